The Labute approximate surface area is 144 Å². The molecule has 0 amide bonds. The number of fused-ring (bicyclic) bond motifs is 3. The van der Waals surface area contributed by atoms with Gasteiger partial charge in [-0.3, -0.25) is 4.68 Å². The summed E-state index contributed by atoms with van der Waals surface area (Å²) < 4.78 is 7.15. The smallest absolute Gasteiger partial charge is 0.359 e. The van der Waals surface area contributed by atoms with Crippen molar-refractivity contribution in [2.75, 3.05) is 6.61 Å². The second-order valence-corrected chi connectivity index (χ2v) is 6.91. The van der Waals surface area contributed by atoms with E-state index in [9.17, 15) is 4.79 Å². The van der Waals surface area contributed by atoms with Gasteiger partial charge in [-0.2, -0.15) is 5.10 Å². The molecule has 4 nitrogen and oxygen atoms in total. The SMILES string of the molecule is CCOC(=O)c1nn(Cc2ccc(C)cc2)c2c1Cc1ccsc1-2. The Morgan fingerprint density at radius 2 is 2.08 bits per heavy atom. The van der Waals surface area contributed by atoms with E-state index < -0.39 is 0 Å². The van der Waals surface area contributed by atoms with Crippen LogP contribution in [-0.4, -0.2) is 22.4 Å². The molecule has 0 saturated carbocycles. The lowest BCUT2D eigenvalue weighted by atomic mass is 10.1. The lowest BCUT2D eigenvalue weighted by molar-refractivity contribution is 0.0517. The van der Waals surface area contributed by atoms with Gasteiger partial charge in [0.1, 0.15) is 0 Å². The zero-order valence-corrected chi connectivity index (χ0v) is 14.5. The summed E-state index contributed by atoms with van der Waals surface area (Å²) in [7, 11) is 0. The third kappa shape index (κ3) is 2.45. The highest BCUT2D eigenvalue weighted by Crippen LogP contribution is 2.42. The summed E-state index contributed by atoms with van der Waals surface area (Å²) >= 11 is 1.71. The molecule has 0 atom stereocenters. The van der Waals surface area contributed by atoms with Crippen LogP contribution in [0.5, 0.6) is 0 Å². The summed E-state index contributed by atoms with van der Waals surface area (Å²) in [6.45, 7) is 4.91. The Morgan fingerprint density at radius 3 is 2.83 bits per heavy atom. The highest BCUT2D eigenvalue weighted by molar-refractivity contribution is 7.13. The van der Waals surface area contributed by atoms with Crippen LogP contribution in [0.4, 0.5) is 0 Å². The Morgan fingerprint density at radius 1 is 1.29 bits per heavy atom. The molecule has 0 bridgehead atoms. The first-order valence-electron chi connectivity index (χ1n) is 8.06. The normalized spacial score (nSPS) is 12.1. The molecule has 1 aliphatic carbocycles. The maximum Gasteiger partial charge on any atom is 0.359 e. The van der Waals surface area contributed by atoms with Crippen LogP contribution >= 0.6 is 11.3 Å². The summed E-state index contributed by atoms with van der Waals surface area (Å²) in [6, 6.07) is 10.5. The highest BCUT2D eigenvalue weighted by atomic mass is 32.1. The molecule has 2 heterocycles. The molecule has 0 spiro atoms. The number of carbonyl (C=O) groups is 1. The van der Waals surface area contributed by atoms with Gasteiger partial charge in [-0.25, -0.2) is 4.79 Å². The molecule has 0 unspecified atom stereocenters. The van der Waals surface area contributed by atoms with Crippen molar-refractivity contribution in [2.45, 2.75) is 26.8 Å². The molecular weight excluding hydrogens is 320 g/mol. The topological polar surface area (TPSA) is 44.1 Å². The minimum absolute atomic E-state index is 0.327. The van der Waals surface area contributed by atoms with Gasteiger partial charge in [-0.05, 0) is 36.4 Å². The molecule has 4 rings (SSSR count). The van der Waals surface area contributed by atoms with E-state index >= 15 is 0 Å². The average Bonchev–Trinajstić information content (AvgIpc) is 3.22. The van der Waals surface area contributed by atoms with Crippen LogP contribution in [0.25, 0.3) is 10.6 Å². The van der Waals surface area contributed by atoms with E-state index in [1.807, 2.05) is 11.6 Å². The number of benzene rings is 1. The zero-order chi connectivity index (χ0) is 16.7. The van der Waals surface area contributed by atoms with Crippen molar-refractivity contribution in [1.82, 2.24) is 9.78 Å². The van der Waals surface area contributed by atoms with E-state index in [0.717, 1.165) is 17.7 Å². The fraction of sp³-hybridized carbons (Fsp3) is 0.263. The first kappa shape index (κ1) is 15.1. The Kier molecular flexibility index (Phi) is 3.73. The minimum Gasteiger partial charge on any atom is -0.461 e. The standard InChI is InChI=1S/C19H18N2O2S/c1-3-23-19(22)16-15-10-14-8-9-24-18(14)17(15)21(20-16)11-13-6-4-12(2)5-7-13/h4-9H,3,10-11H2,1-2H3. The van der Waals surface area contributed by atoms with E-state index in [4.69, 9.17) is 4.74 Å². The van der Waals surface area contributed by atoms with Gasteiger partial charge in [0, 0.05) is 12.0 Å². The van der Waals surface area contributed by atoms with Gasteiger partial charge < -0.3 is 4.74 Å². The maximum absolute atomic E-state index is 12.3. The number of nitrogens with zero attached hydrogens (tertiary/aromatic N) is 2. The molecule has 0 N–H and O–H groups in total. The Bertz CT molecular complexity index is 906. The van der Waals surface area contributed by atoms with E-state index in [2.05, 4.69) is 47.7 Å². The lowest BCUT2D eigenvalue weighted by Crippen LogP contribution is -2.10. The summed E-state index contributed by atoms with van der Waals surface area (Å²) in [6.07, 6.45) is 0.760. The number of ether oxygens (including phenoxy) is 1. The highest BCUT2D eigenvalue weighted by Gasteiger charge is 2.31. The quantitative estimate of drug-likeness (QED) is 0.527. The molecular formula is C19H18N2O2S. The fourth-order valence-corrected chi connectivity index (χ4v) is 4.14. The first-order chi connectivity index (χ1) is 11.7. The summed E-state index contributed by atoms with van der Waals surface area (Å²) in [5, 5.41) is 6.69. The average molecular weight is 338 g/mol. The van der Waals surface area contributed by atoms with Gasteiger partial charge in [0.25, 0.3) is 0 Å². The summed E-state index contributed by atoms with van der Waals surface area (Å²) in [4.78, 5) is 13.5. The van der Waals surface area contributed by atoms with Gasteiger partial charge in [0.15, 0.2) is 5.69 Å². The molecule has 1 aliphatic rings. The monoisotopic (exact) mass is 338 g/mol. The zero-order valence-electron chi connectivity index (χ0n) is 13.7. The van der Waals surface area contributed by atoms with E-state index in [0.29, 0.717) is 18.8 Å². The number of aromatic nitrogens is 2. The van der Waals surface area contributed by atoms with Gasteiger partial charge in [0.2, 0.25) is 0 Å². The van der Waals surface area contributed by atoms with E-state index in [-0.39, 0.29) is 5.97 Å². The second-order valence-electron chi connectivity index (χ2n) is 5.99. The number of thiophene rings is 1. The van der Waals surface area contributed by atoms with Gasteiger partial charge in [-0.1, -0.05) is 29.8 Å². The van der Waals surface area contributed by atoms with Crippen molar-refractivity contribution >= 4 is 17.3 Å². The largest absolute Gasteiger partial charge is 0.461 e. The number of aryl methyl sites for hydroxylation is 1. The third-order valence-corrected chi connectivity index (χ3v) is 5.26. The molecule has 0 fully saturated rings. The molecule has 24 heavy (non-hydrogen) atoms. The number of hydrogen-bond donors (Lipinski definition) is 0. The molecule has 2 aromatic heterocycles. The van der Waals surface area contributed by atoms with Crippen LogP contribution in [0.1, 0.15) is 39.7 Å². The van der Waals surface area contributed by atoms with Crippen molar-refractivity contribution in [3.8, 4) is 10.6 Å². The van der Waals surface area contributed by atoms with Gasteiger partial charge >= 0.3 is 5.97 Å². The van der Waals surface area contributed by atoms with Crippen LogP contribution in [0.3, 0.4) is 0 Å². The molecule has 3 aromatic rings. The van der Waals surface area contributed by atoms with Crippen LogP contribution in [0, 0.1) is 6.92 Å². The van der Waals surface area contributed by atoms with Crippen LogP contribution in [-0.2, 0) is 17.7 Å². The van der Waals surface area contributed by atoms with Gasteiger partial charge in [0.05, 0.1) is 23.7 Å². The molecule has 5 heteroatoms. The Balaban J connectivity index is 1.78. The lowest BCUT2D eigenvalue weighted by Gasteiger charge is -2.06. The number of hydrogen-bond acceptors (Lipinski definition) is 4. The predicted octanol–water partition coefficient (Wildman–Crippen LogP) is 4.05. The number of carbonyl (C=O) groups excluding carboxylic acids is 1. The molecule has 122 valence electrons. The Hall–Kier alpha value is -2.40. The summed E-state index contributed by atoms with van der Waals surface area (Å²) in [5.41, 5.74) is 6.22. The molecule has 1 aromatic carbocycles. The van der Waals surface area contributed by atoms with Crippen molar-refractivity contribution in [3.63, 3.8) is 0 Å². The number of rotatable bonds is 4. The summed E-state index contributed by atoms with van der Waals surface area (Å²) in [5.74, 6) is -0.327. The number of esters is 1. The predicted molar refractivity (Wildman–Crippen MR) is 94.6 cm³/mol. The molecule has 0 aliphatic heterocycles. The third-order valence-electron chi connectivity index (χ3n) is 4.30. The van der Waals surface area contributed by atoms with Crippen molar-refractivity contribution in [1.29, 1.82) is 0 Å². The molecule has 0 radical (unpaired) electrons. The van der Waals surface area contributed by atoms with Gasteiger partial charge in [-0.15, -0.1) is 11.3 Å². The minimum atomic E-state index is -0.327. The van der Waals surface area contributed by atoms with E-state index in [1.54, 1.807) is 11.3 Å². The van der Waals surface area contributed by atoms with Crippen LogP contribution < -0.4 is 0 Å². The van der Waals surface area contributed by atoms with Crippen LogP contribution in [0.15, 0.2) is 35.7 Å². The maximum atomic E-state index is 12.3. The van der Waals surface area contributed by atoms with Crippen molar-refractivity contribution in [2.24, 2.45) is 0 Å². The van der Waals surface area contributed by atoms with Crippen molar-refractivity contribution < 1.29 is 9.53 Å². The van der Waals surface area contributed by atoms with Crippen LogP contribution in [0.2, 0.25) is 0 Å². The second kappa shape index (κ2) is 5.91. The first-order valence-corrected chi connectivity index (χ1v) is 8.94. The van der Waals surface area contributed by atoms with E-state index in [1.165, 1.54) is 21.6 Å². The molecule has 0 saturated heterocycles. The van der Waals surface area contributed by atoms with Crippen molar-refractivity contribution in [3.05, 3.63) is 63.7 Å². The fourth-order valence-electron chi connectivity index (χ4n) is 3.14.